The molecule has 0 fully saturated rings. The monoisotopic (exact) mass is 330 g/mol. The van der Waals surface area contributed by atoms with Crippen molar-refractivity contribution in [3.05, 3.63) is 72.7 Å². The second-order valence-electron chi connectivity index (χ2n) is 5.51. The summed E-state index contributed by atoms with van der Waals surface area (Å²) in [7, 11) is 0. The number of anilines is 1. The minimum Gasteiger partial charge on any atom is -0.319 e. The zero-order valence-electron chi connectivity index (χ0n) is 13.4. The summed E-state index contributed by atoms with van der Waals surface area (Å²) in [5.41, 5.74) is 3.48. The van der Waals surface area contributed by atoms with Crippen LogP contribution in [0, 0.1) is 6.92 Å². The van der Waals surface area contributed by atoms with Gasteiger partial charge in [-0.2, -0.15) is 0 Å². The molecule has 7 heteroatoms. The van der Waals surface area contributed by atoms with Crippen molar-refractivity contribution in [2.75, 3.05) is 5.32 Å². The molecule has 0 saturated heterocycles. The molecule has 0 aliphatic heterocycles. The van der Waals surface area contributed by atoms with Gasteiger partial charge in [-0.25, -0.2) is 15.0 Å². The van der Waals surface area contributed by atoms with Crippen LogP contribution in [0.2, 0.25) is 0 Å². The third-order valence-electron chi connectivity index (χ3n) is 3.72. The van der Waals surface area contributed by atoms with Gasteiger partial charge in [-0.1, -0.05) is 12.1 Å². The number of imidazole rings is 1. The lowest BCUT2D eigenvalue weighted by Gasteiger charge is -2.07. The fourth-order valence-electron chi connectivity index (χ4n) is 2.45. The van der Waals surface area contributed by atoms with E-state index in [1.54, 1.807) is 24.8 Å². The average molecular weight is 330 g/mol. The van der Waals surface area contributed by atoms with E-state index in [4.69, 9.17) is 0 Å². The highest BCUT2D eigenvalue weighted by Crippen LogP contribution is 2.17. The first-order valence-electron chi connectivity index (χ1n) is 7.69. The topological polar surface area (TPSA) is 85.6 Å². The van der Waals surface area contributed by atoms with Crippen molar-refractivity contribution in [1.82, 2.24) is 24.5 Å². The molecule has 1 amide bonds. The average Bonchev–Trinajstić information content (AvgIpc) is 3.07. The molecule has 25 heavy (non-hydrogen) atoms. The summed E-state index contributed by atoms with van der Waals surface area (Å²) in [6.07, 6.45) is 6.33. The van der Waals surface area contributed by atoms with Crippen molar-refractivity contribution in [3.8, 4) is 5.82 Å². The maximum atomic E-state index is 12.2. The van der Waals surface area contributed by atoms with Crippen LogP contribution in [0.3, 0.4) is 0 Å². The Labute approximate surface area is 143 Å². The van der Waals surface area contributed by atoms with Gasteiger partial charge in [-0.05, 0) is 31.2 Å². The molecule has 4 rings (SSSR count). The van der Waals surface area contributed by atoms with Crippen molar-refractivity contribution in [3.63, 3.8) is 0 Å². The van der Waals surface area contributed by atoms with E-state index >= 15 is 0 Å². The summed E-state index contributed by atoms with van der Waals surface area (Å²) in [6, 6.07) is 11.4. The largest absolute Gasteiger partial charge is 0.319 e. The molecule has 0 atom stereocenters. The van der Waals surface area contributed by atoms with E-state index in [1.165, 1.54) is 6.20 Å². The minimum absolute atomic E-state index is 0.260. The van der Waals surface area contributed by atoms with E-state index in [2.05, 4.69) is 25.3 Å². The summed E-state index contributed by atoms with van der Waals surface area (Å²) in [5, 5.41) is 2.76. The maximum absolute atomic E-state index is 12.2. The number of benzene rings is 1. The Balaban J connectivity index is 1.56. The van der Waals surface area contributed by atoms with Crippen LogP contribution in [0.25, 0.3) is 16.9 Å². The molecule has 3 aromatic heterocycles. The Morgan fingerprint density at radius 2 is 1.84 bits per heavy atom. The molecule has 0 aliphatic carbocycles. The summed E-state index contributed by atoms with van der Waals surface area (Å²) >= 11 is 0. The Hall–Kier alpha value is -3.61. The highest BCUT2D eigenvalue weighted by Gasteiger charge is 2.09. The number of rotatable bonds is 3. The van der Waals surface area contributed by atoms with Gasteiger partial charge in [-0.15, -0.1) is 0 Å². The lowest BCUT2D eigenvalue weighted by molar-refractivity contribution is 0.102. The second-order valence-corrected chi connectivity index (χ2v) is 5.51. The van der Waals surface area contributed by atoms with Crippen LogP contribution in [0.4, 0.5) is 5.69 Å². The number of hydrogen-bond acceptors (Lipinski definition) is 5. The van der Waals surface area contributed by atoms with Gasteiger partial charge in [0, 0.05) is 6.20 Å². The number of amides is 1. The number of para-hydroxylation sites is 2. The number of fused-ring (bicyclic) bond motifs is 1. The molecule has 0 spiro atoms. The van der Waals surface area contributed by atoms with E-state index in [0.717, 1.165) is 22.5 Å². The van der Waals surface area contributed by atoms with Crippen LogP contribution in [0.1, 0.15) is 16.2 Å². The first-order valence-corrected chi connectivity index (χ1v) is 7.69. The van der Waals surface area contributed by atoms with Crippen molar-refractivity contribution in [2.45, 2.75) is 6.92 Å². The van der Waals surface area contributed by atoms with Crippen LogP contribution in [0.15, 0.2) is 61.3 Å². The van der Waals surface area contributed by atoms with Crippen LogP contribution in [-0.4, -0.2) is 30.4 Å². The van der Waals surface area contributed by atoms with E-state index in [0.29, 0.717) is 5.69 Å². The summed E-state index contributed by atoms with van der Waals surface area (Å²) in [4.78, 5) is 29.0. The molecule has 1 aromatic carbocycles. The zero-order valence-corrected chi connectivity index (χ0v) is 13.4. The van der Waals surface area contributed by atoms with Crippen molar-refractivity contribution >= 4 is 22.6 Å². The van der Waals surface area contributed by atoms with Gasteiger partial charge in [0.1, 0.15) is 17.8 Å². The van der Waals surface area contributed by atoms with E-state index in [-0.39, 0.29) is 11.6 Å². The summed E-state index contributed by atoms with van der Waals surface area (Å²) < 4.78 is 1.90. The highest BCUT2D eigenvalue weighted by atomic mass is 16.1. The molecular weight excluding hydrogens is 316 g/mol. The van der Waals surface area contributed by atoms with Crippen LogP contribution in [-0.2, 0) is 0 Å². The van der Waals surface area contributed by atoms with E-state index in [9.17, 15) is 4.79 Å². The Morgan fingerprint density at radius 1 is 0.960 bits per heavy atom. The molecule has 122 valence electrons. The normalized spacial score (nSPS) is 10.8. The number of aromatic nitrogens is 5. The van der Waals surface area contributed by atoms with Gasteiger partial charge in [0.05, 0.1) is 34.8 Å². The van der Waals surface area contributed by atoms with Crippen LogP contribution in [0.5, 0.6) is 0 Å². The van der Waals surface area contributed by atoms with Gasteiger partial charge >= 0.3 is 0 Å². The fraction of sp³-hybridized carbons (Fsp3) is 0.0556. The molecule has 7 nitrogen and oxygen atoms in total. The quantitative estimate of drug-likeness (QED) is 0.624. The number of nitrogens with one attached hydrogen (secondary N) is 1. The van der Waals surface area contributed by atoms with Crippen molar-refractivity contribution in [1.29, 1.82) is 0 Å². The minimum atomic E-state index is -0.324. The van der Waals surface area contributed by atoms with Crippen molar-refractivity contribution < 1.29 is 4.79 Å². The fourth-order valence-corrected chi connectivity index (χ4v) is 2.45. The van der Waals surface area contributed by atoms with Gasteiger partial charge in [-0.3, -0.25) is 14.3 Å². The predicted molar refractivity (Wildman–Crippen MR) is 93.6 cm³/mol. The molecule has 3 heterocycles. The lowest BCUT2D eigenvalue weighted by atomic mass is 10.3. The van der Waals surface area contributed by atoms with Gasteiger partial charge < -0.3 is 5.32 Å². The first kappa shape index (κ1) is 14.9. The second kappa shape index (κ2) is 6.12. The molecule has 0 aliphatic rings. The van der Waals surface area contributed by atoms with Gasteiger partial charge in [0.2, 0.25) is 0 Å². The standard InChI is InChI=1S/C18H14N6O/c1-12-8-20-15(10-19-12)18(25)23-13-6-7-17(21-9-13)24-11-22-14-4-2-3-5-16(14)24/h2-11H,1H3,(H,23,25). The number of nitrogens with zero attached hydrogens (tertiary/aromatic N) is 5. The highest BCUT2D eigenvalue weighted by molar-refractivity contribution is 6.02. The first-order chi connectivity index (χ1) is 12.2. The Morgan fingerprint density at radius 3 is 2.60 bits per heavy atom. The number of aryl methyl sites for hydroxylation is 1. The van der Waals surface area contributed by atoms with Crippen LogP contribution < -0.4 is 5.32 Å². The number of carbonyl (C=O) groups is 1. The number of hydrogen-bond donors (Lipinski definition) is 1. The van der Waals surface area contributed by atoms with E-state index in [1.807, 2.05) is 41.8 Å². The lowest BCUT2D eigenvalue weighted by Crippen LogP contribution is -2.14. The number of pyridine rings is 1. The molecule has 0 saturated carbocycles. The van der Waals surface area contributed by atoms with E-state index < -0.39 is 0 Å². The predicted octanol–water partition coefficient (Wildman–Crippen LogP) is 2.77. The Bertz CT molecular complexity index is 1040. The third kappa shape index (κ3) is 2.94. The van der Waals surface area contributed by atoms with Crippen molar-refractivity contribution in [2.24, 2.45) is 0 Å². The molecule has 0 bridgehead atoms. The third-order valence-corrected chi connectivity index (χ3v) is 3.72. The Kier molecular flexibility index (Phi) is 3.66. The molecule has 0 radical (unpaired) electrons. The SMILES string of the molecule is Cc1cnc(C(=O)Nc2ccc(-n3cnc4ccccc43)nc2)cn1. The zero-order chi connectivity index (χ0) is 17.2. The van der Waals surface area contributed by atoms with Gasteiger partial charge in [0.15, 0.2) is 0 Å². The molecule has 1 N–H and O–H groups in total. The summed E-state index contributed by atoms with van der Waals surface area (Å²) in [6.45, 7) is 1.82. The molecular formula is C18H14N6O. The molecule has 4 aromatic rings. The number of carbonyl (C=O) groups excluding carboxylic acids is 1. The van der Waals surface area contributed by atoms with Crippen LogP contribution >= 0.6 is 0 Å². The maximum Gasteiger partial charge on any atom is 0.275 e. The van der Waals surface area contributed by atoms with Gasteiger partial charge in [0.25, 0.3) is 5.91 Å². The molecule has 0 unspecified atom stereocenters. The smallest absolute Gasteiger partial charge is 0.275 e. The summed E-state index contributed by atoms with van der Waals surface area (Å²) in [5.74, 6) is 0.400.